The molecule has 28 heavy (non-hydrogen) atoms. The first kappa shape index (κ1) is 19.7. The predicted molar refractivity (Wildman–Crippen MR) is 112 cm³/mol. The van der Waals surface area contributed by atoms with Crippen molar-refractivity contribution in [3.8, 4) is 5.75 Å². The lowest BCUT2D eigenvalue weighted by atomic mass is 10.1. The molecule has 3 amide bonds. The monoisotopic (exact) mass is 381 g/mol. The first-order valence-electron chi connectivity index (χ1n) is 9.87. The van der Waals surface area contributed by atoms with E-state index in [-0.39, 0.29) is 11.9 Å². The maximum Gasteiger partial charge on any atom is 0.323 e. The molecule has 0 bridgehead atoms. The van der Waals surface area contributed by atoms with E-state index in [1.54, 1.807) is 4.90 Å². The molecule has 0 unspecified atom stereocenters. The van der Waals surface area contributed by atoms with Gasteiger partial charge in [0.2, 0.25) is 5.91 Å². The van der Waals surface area contributed by atoms with Crippen molar-refractivity contribution in [1.29, 1.82) is 0 Å². The van der Waals surface area contributed by atoms with Crippen molar-refractivity contribution >= 4 is 29.0 Å². The summed E-state index contributed by atoms with van der Waals surface area (Å²) in [5, 5.41) is 5.63. The minimum absolute atomic E-state index is 0.133. The SMILES string of the molecule is CCCCOc1ccc(NC(=O)Nc2cccc(N3CCCCC3=O)c2)cc1. The number of amides is 3. The van der Waals surface area contributed by atoms with Crippen molar-refractivity contribution in [3.63, 3.8) is 0 Å². The topological polar surface area (TPSA) is 70.7 Å². The molecule has 0 spiro atoms. The zero-order chi connectivity index (χ0) is 19.8. The summed E-state index contributed by atoms with van der Waals surface area (Å²) >= 11 is 0. The second kappa shape index (κ2) is 9.78. The number of nitrogens with zero attached hydrogens (tertiary/aromatic N) is 1. The molecule has 2 aromatic rings. The van der Waals surface area contributed by atoms with E-state index in [4.69, 9.17) is 4.74 Å². The van der Waals surface area contributed by atoms with Crippen LogP contribution in [0, 0.1) is 0 Å². The fourth-order valence-electron chi connectivity index (χ4n) is 3.09. The van der Waals surface area contributed by atoms with Crippen LogP contribution < -0.4 is 20.3 Å². The largest absolute Gasteiger partial charge is 0.494 e. The maximum absolute atomic E-state index is 12.3. The molecule has 0 aromatic heterocycles. The molecule has 148 valence electrons. The molecule has 0 aliphatic carbocycles. The van der Waals surface area contributed by atoms with Gasteiger partial charge in [-0.3, -0.25) is 4.79 Å². The second-order valence-corrected chi connectivity index (χ2v) is 6.86. The number of nitrogens with one attached hydrogen (secondary N) is 2. The van der Waals surface area contributed by atoms with Crippen molar-refractivity contribution in [2.75, 3.05) is 28.7 Å². The summed E-state index contributed by atoms with van der Waals surface area (Å²) in [6.07, 6.45) is 4.63. The van der Waals surface area contributed by atoms with E-state index in [0.717, 1.165) is 43.7 Å². The van der Waals surface area contributed by atoms with Crippen LogP contribution in [0.5, 0.6) is 5.75 Å². The Bertz CT molecular complexity index is 805. The zero-order valence-corrected chi connectivity index (χ0v) is 16.2. The van der Waals surface area contributed by atoms with Gasteiger partial charge in [0, 0.05) is 30.0 Å². The summed E-state index contributed by atoms with van der Waals surface area (Å²) in [6, 6.07) is 14.3. The summed E-state index contributed by atoms with van der Waals surface area (Å²) in [4.78, 5) is 26.2. The van der Waals surface area contributed by atoms with E-state index in [9.17, 15) is 9.59 Å². The van der Waals surface area contributed by atoms with E-state index >= 15 is 0 Å². The minimum Gasteiger partial charge on any atom is -0.494 e. The van der Waals surface area contributed by atoms with Gasteiger partial charge in [0.25, 0.3) is 0 Å². The summed E-state index contributed by atoms with van der Waals surface area (Å²) in [6.45, 7) is 3.54. The van der Waals surface area contributed by atoms with Crippen LogP contribution in [0.2, 0.25) is 0 Å². The molecule has 3 rings (SSSR count). The fraction of sp³-hybridized carbons (Fsp3) is 0.364. The Morgan fingerprint density at radius 1 is 1.07 bits per heavy atom. The molecule has 1 aliphatic heterocycles. The van der Waals surface area contributed by atoms with Gasteiger partial charge < -0.3 is 20.3 Å². The third-order valence-corrected chi connectivity index (χ3v) is 4.62. The van der Waals surface area contributed by atoms with Crippen LogP contribution in [0.15, 0.2) is 48.5 Å². The number of hydrogen-bond acceptors (Lipinski definition) is 3. The molecule has 2 aromatic carbocycles. The van der Waals surface area contributed by atoms with Crippen molar-refractivity contribution < 1.29 is 14.3 Å². The third kappa shape index (κ3) is 5.49. The summed E-state index contributed by atoms with van der Waals surface area (Å²) in [5.74, 6) is 0.924. The summed E-state index contributed by atoms with van der Waals surface area (Å²) in [5.41, 5.74) is 2.15. The molecular weight excluding hydrogens is 354 g/mol. The van der Waals surface area contributed by atoms with E-state index in [1.807, 2.05) is 48.5 Å². The van der Waals surface area contributed by atoms with Crippen LogP contribution in [0.25, 0.3) is 0 Å². The number of carbonyl (C=O) groups is 2. The number of urea groups is 1. The molecular formula is C22H27N3O3. The number of anilines is 3. The number of hydrogen-bond donors (Lipinski definition) is 2. The second-order valence-electron chi connectivity index (χ2n) is 6.86. The van der Waals surface area contributed by atoms with Crippen molar-refractivity contribution in [3.05, 3.63) is 48.5 Å². The standard InChI is InChI=1S/C22H27N3O3/c1-2-3-15-28-20-12-10-17(11-13-20)23-22(27)24-18-7-6-8-19(16-18)25-14-5-4-9-21(25)26/h6-8,10-13,16H,2-5,9,14-15H2,1H3,(H2,23,24,27). The van der Waals surface area contributed by atoms with Gasteiger partial charge in [0.1, 0.15) is 5.75 Å². The average molecular weight is 381 g/mol. The van der Waals surface area contributed by atoms with Crippen LogP contribution in [-0.4, -0.2) is 25.1 Å². The molecule has 1 fully saturated rings. The molecule has 6 nitrogen and oxygen atoms in total. The van der Waals surface area contributed by atoms with E-state index in [1.165, 1.54) is 0 Å². The number of unbranched alkanes of at least 4 members (excludes halogenated alkanes) is 1. The van der Waals surface area contributed by atoms with Crippen LogP contribution in [-0.2, 0) is 4.79 Å². The number of ether oxygens (including phenoxy) is 1. The Hall–Kier alpha value is -3.02. The minimum atomic E-state index is -0.332. The molecule has 0 radical (unpaired) electrons. The quantitative estimate of drug-likeness (QED) is 0.661. The summed E-state index contributed by atoms with van der Waals surface area (Å²) in [7, 11) is 0. The Morgan fingerprint density at radius 3 is 2.61 bits per heavy atom. The average Bonchev–Trinajstić information content (AvgIpc) is 2.70. The van der Waals surface area contributed by atoms with Gasteiger partial charge in [-0.25, -0.2) is 4.79 Å². The fourth-order valence-corrected chi connectivity index (χ4v) is 3.09. The molecule has 6 heteroatoms. The van der Waals surface area contributed by atoms with Crippen LogP contribution in [0.4, 0.5) is 21.9 Å². The highest BCUT2D eigenvalue weighted by molar-refractivity contribution is 6.00. The lowest BCUT2D eigenvalue weighted by Gasteiger charge is -2.27. The molecule has 0 saturated carbocycles. The van der Waals surface area contributed by atoms with E-state index < -0.39 is 0 Å². The predicted octanol–water partition coefficient (Wildman–Crippen LogP) is 5.03. The van der Waals surface area contributed by atoms with Crippen molar-refractivity contribution in [2.24, 2.45) is 0 Å². The molecule has 1 saturated heterocycles. The Morgan fingerprint density at radius 2 is 1.86 bits per heavy atom. The van der Waals surface area contributed by atoms with E-state index in [2.05, 4.69) is 17.6 Å². The first-order chi connectivity index (χ1) is 13.7. The highest BCUT2D eigenvalue weighted by atomic mass is 16.5. The maximum atomic E-state index is 12.3. The Labute approximate surface area is 165 Å². The van der Waals surface area contributed by atoms with Gasteiger partial charge in [0.05, 0.1) is 6.61 Å². The van der Waals surface area contributed by atoms with Gasteiger partial charge in [0.15, 0.2) is 0 Å². The zero-order valence-electron chi connectivity index (χ0n) is 16.2. The van der Waals surface area contributed by atoms with Crippen molar-refractivity contribution in [1.82, 2.24) is 0 Å². The lowest BCUT2D eigenvalue weighted by Crippen LogP contribution is -2.35. The van der Waals surface area contributed by atoms with E-state index in [0.29, 0.717) is 24.4 Å². The van der Waals surface area contributed by atoms with Crippen LogP contribution >= 0.6 is 0 Å². The smallest absolute Gasteiger partial charge is 0.323 e. The van der Waals surface area contributed by atoms with Gasteiger partial charge in [-0.2, -0.15) is 0 Å². The Kier molecular flexibility index (Phi) is 6.89. The van der Waals surface area contributed by atoms with Gasteiger partial charge in [-0.05, 0) is 61.7 Å². The third-order valence-electron chi connectivity index (χ3n) is 4.62. The normalized spacial score (nSPS) is 13.9. The van der Waals surface area contributed by atoms with Gasteiger partial charge in [-0.15, -0.1) is 0 Å². The highest BCUT2D eigenvalue weighted by Gasteiger charge is 2.19. The molecule has 0 atom stereocenters. The lowest BCUT2D eigenvalue weighted by molar-refractivity contribution is -0.119. The number of benzene rings is 2. The number of carbonyl (C=O) groups excluding carboxylic acids is 2. The molecule has 1 heterocycles. The number of rotatable bonds is 7. The molecule has 1 aliphatic rings. The number of piperidine rings is 1. The van der Waals surface area contributed by atoms with Gasteiger partial charge in [-0.1, -0.05) is 19.4 Å². The highest BCUT2D eigenvalue weighted by Crippen LogP contribution is 2.24. The van der Waals surface area contributed by atoms with Gasteiger partial charge >= 0.3 is 6.03 Å². The van der Waals surface area contributed by atoms with Crippen LogP contribution in [0.3, 0.4) is 0 Å². The molecule has 2 N–H and O–H groups in total. The first-order valence-corrected chi connectivity index (χ1v) is 9.87. The summed E-state index contributed by atoms with van der Waals surface area (Å²) < 4.78 is 5.62. The Balaban J connectivity index is 1.56. The van der Waals surface area contributed by atoms with Crippen LogP contribution in [0.1, 0.15) is 39.0 Å². The van der Waals surface area contributed by atoms with Crippen molar-refractivity contribution in [2.45, 2.75) is 39.0 Å².